The van der Waals surface area contributed by atoms with Crippen molar-refractivity contribution in [2.45, 2.75) is 70.4 Å². The third-order valence-electron chi connectivity index (χ3n) is 4.99. The molecule has 0 radical (unpaired) electrons. The highest BCUT2D eigenvalue weighted by atomic mass is 32.1. The second-order valence-corrected chi connectivity index (χ2v) is 7.52. The standard InChI is InChI=1S/C17H27NS/c1-13(14-7-4-2-3-5-8-14)18-17(15-10-11-15)16-9-6-12-19-16/h6,9,12-15,17-18H,2-5,7-8,10-11H2,1H3/t13-,17?/m1/s1. The topological polar surface area (TPSA) is 12.0 Å². The van der Waals surface area contributed by atoms with Crippen molar-refractivity contribution < 1.29 is 0 Å². The van der Waals surface area contributed by atoms with Crippen molar-refractivity contribution in [2.24, 2.45) is 11.8 Å². The second kappa shape index (κ2) is 6.41. The average molecular weight is 277 g/mol. The van der Waals surface area contributed by atoms with Gasteiger partial charge in [-0.3, -0.25) is 0 Å². The fraction of sp³-hybridized carbons (Fsp3) is 0.765. The molecule has 0 amide bonds. The van der Waals surface area contributed by atoms with E-state index in [4.69, 9.17) is 0 Å². The smallest absolute Gasteiger partial charge is 0.0445 e. The Morgan fingerprint density at radius 1 is 1.05 bits per heavy atom. The van der Waals surface area contributed by atoms with Gasteiger partial charge in [-0.15, -0.1) is 11.3 Å². The van der Waals surface area contributed by atoms with Crippen molar-refractivity contribution in [1.82, 2.24) is 5.32 Å². The molecule has 2 aliphatic carbocycles. The highest BCUT2D eigenvalue weighted by molar-refractivity contribution is 7.10. The van der Waals surface area contributed by atoms with Crippen LogP contribution in [-0.2, 0) is 0 Å². The van der Waals surface area contributed by atoms with Crippen LogP contribution in [0.3, 0.4) is 0 Å². The largest absolute Gasteiger partial charge is 0.306 e. The van der Waals surface area contributed by atoms with Crippen LogP contribution in [0.15, 0.2) is 17.5 Å². The molecule has 0 aromatic carbocycles. The Morgan fingerprint density at radius 2 is 1.79 bits per heavy atom. The number of thiophene rings is 1. The SMILES string of the molecule is C[C@@H](NC(c1cccs1)C1CC1)C1CCCCCC1. The summed E-state index contributed by atoms with van der Waals surface area (Å²) in [5, 5.41) is 6.21. The molecule has 1 unspecified atom stereocenters. The summed E-state index contributed by atoms with van der Waals surface area (Å²) in [5.74, 6) is 1.82. The van der Waals surface area contributed by atoms with E-state index >= 15 is 0 Å². The minimum absolute atomic E-state index is 0.637. The van der Waals surface area contributed by atoms with E-state index < -0.39 is 0 Å². The van der Waals surface area contributed by atoms with Crippen LogP contribution in [0.4, 0.5) is 0 Å². The van der Waals surface area contributed by atoms with Crippen molar-refractivity contribution in [2.75, 3.05) is 0 Å². The van der Waals surface area contributed by atoms with Crippen LogP contribution in [0.5, 0.6) is 0 Å². The van der Waals surface area contributed by atoms with Gasteiger partial charge in [0.2, 0.25) is 0 Å². The number of hydrogen-bond acceptors (Lipinski definition) is 2. The van der Waals surface area contributed by atoms with E-state index in [9.17, 15) is 0 Å². The zero-order chi connectivity index (χ0) is 13.1. The van der Waals surface area contributed by atoms with E-state index in [1.54, 1.807) is 4.88 Å². The molecule has 3 rings (SSSR count). The van der Waals surface area contributed by atoms with Gasteiger partial charge >= 0.3 is 0 Å². The monoisotopic (exact) mass is 277 g/mol. The predicted molar refractivity (Wildman–Crippen MR) is 83.6 cm³/mol. The van der Waals surface area contributed by atoms with Crippen molar-refractivity contribution in [3.05, 3.63) is 22.4 Å². The number of nitrogens with one attached hydrogen (secondary N) is 1. The highest BCUT2D eigenvalue weighted by Gasteiger charge is 2.34. The average Bonchev–Trinajstić information content (AvgIpc) is 3.17. The van der Waals surface area contributed by atoms with E-state index in [0.717, 1.165) is 11.8 Å². The fourth-order valence-electron chi connectivity index (χ4n) is 3.58. The van der Waals surface area contributed by atoms with Gasteiger partial charge in [0.25, 0.3) is 0 Å². The normalized spacial score (nSPS) is 24.9. The fourth-order valence-corrected chi connectivity index (χ4v) is 4.46. The van der Waals surface area contributed by atoms with Crippen molar-refractivity contribution >= 4 is 11.3 Å². The molecule has 19 heavy (non-hydrogen) atoms. The highest BCUT2D eigenvalue weighted by Crippen LogP contribution is 2.43. The van der Waals surface area contributed by atoms with Gasteiger partial charge in [0, 0.05) is 17.0 Å². The van der Waals surface area contributed by atoms with Crippen molar-refractivity contribution in [1.29, 1.82) is 0 Å². The molecule has 2 heteroatoms. The van der Waals surface area contributed by atoms with Crippen molar-refractivity contribution in [3.8, 4) is 0 Å². The molecule has 1 aromatic heterocycles. The summed E-state index contributed by atoms with van der Waals surface area (Å²) in [6, 6.07) is 5.84. The molecule has 2 aliphatic rings. The van der Waals surface area contributed by atoms with Crippen molar-refractivity contribution in [3.63, 3.8) is 0 Å². The Bertz CT molecular complexity index is 361. The van der Waals surface area contributed by atoms with Gasteiger partial charge in [-0.1, -0.05) is 31.7 Å². The Hall–Kier alpha value is -0.340. The first-order valence-electron chi connectivity index (χ1n) is 8.14. The minimum Gasteiger partial charge on any atom is -0.306 e. The summed E-state index contributed by atoms with van der Waals surface area (Å²) in [4.78, 5) is 1.56. The van der Waals surface area contributed by atoms with Gasteiger partial charge in [-0.05, 0) is 55.9 Å². The maximum atomic E-state index is 3.99. The molecular formula is C17H27NS. The van der Waals surface area contributed by atoms with E-state index in [1.165, 1.54) is 51.4 Å². The van der Waals surface area contributed by atoms with E-state index in [0.29, 0.717) is 12.1 Å². The molecule has 1 heterocycles. The Morgan fingerprint density at radius 3 is 2.37 bits per heavy atom. The van der Waals surface area contributed by atoms with E-state index in [2.05, 4.69) is 29.8 Å². The summed E-state index contributed by atoms with van der Waals surface area (Å²) in [5.41, 5.74) is 0. The van der Waals surface area contributed by atoms with Crippen LogP contribution in [0.25, 0.3) is 0 Å². The number of hydrogen-bond donors (Lipinski definition) is 1. The molecule has 0 aliphatic heterocycles. The van der Waals surface area contributed by atoms with Gasteiger partial charge in [0.1, 0.15) is 0 Å². The molecule has 1 nitrogen and oxygen atoms in total. The third kappa shape index (κ3) is 3.61. The molecule has 2 atom stereocenters. The van der Waals surface area contributed by atoms with Gasteiger partial charge in [-0.25, -0.2) is 0 Å². The maximum absolute atomic E-state index is 3.99. The van der Waals surface area contributed by atoms with E-state index in [-0.39, 0.29) is 0 Å². The lowest BCUT2D eigenvalue weighted by atomic mass is 9.92. The van der Waals surface area contributed by atoms with Crippen LogP contribution in [0, 0.1) is 11.8 Å². The Kier molecular flexibility index (Phi) is 4.60. The van der Waals surface area contributed by atoms with Gasteiger partial charge in [-0.2, -0.15) is 0 Å². The first-order valence-corrected chi connectivity index (χ1v) is 9.02. The summed E-state index contributed by atoms with van der Waals surface area (Å²) < 4.78 is 0. The molecule has 0 spiro atoms. The minimum atomic E-state index is 0.637. The van der Waals surface area contributed by atoms with Crippen LogP contribution in [-0.4, -0.2) is 6.04 Å². The first kappa shape index (κ1) is 13.6. The van der Waals surface area contributed by atoms with Crippen LogP contribution in [0.1, 0.15) is 69.2 Å². The summed E-state index contributed by atoms with van der Waals surface area (Å²) in [7, 11) is 0. The molecule has 0 bridgehead atoms. The Labute approximate surface area is 121 Å². The summed E-state index contributed by atoms with van der Waals surface area (Å²) >= 11 is 1.93. The number of rotatable bonds is 5. The predicted octanol–water partition coefficient (Wildman–Crippen LogP) is 5.15. The first-order chi connectivity index (χ1) is 9.34. The molecule has 2 saturated carbocycles. The zero-order valence-corrected chi connectivity index (χ0v) is 12.9. The van der Waals surface area contributed by atoms with Crippen LogP contribution < -0.4 is 5.32 Å². The van der Waals surface area contributed by atoms with E-state index in [1.807, 2.05) is 11.3 Å². The van der Waals surface area contributed by atoms with Crippen LogP contribution >= 0.6 is 11.3 Å². The lowest BCUT2D eigenvalue weighted by molar-refractivity contribution is 0.299. The Balaban J connectivity index is 1.61. The molecule has 0 saturated heterocycles. The summed E-state index contributed by atoms with van der Waals surface area (Å²) in [6.07, 6.45) is 11.5. The second-order valence-electron chi connectivity index (χ2n) is 6.54. The van der Waals surface area contributed by atoms with Gasteiger partial charge in [0.05, 0.1) is 0 Å². The molecule has 106 valence electrons. The van der Waals surface area contributed by atoms with Gasteiger partial charge in [0.15, 0.2) is 0 Å². The zero-order valence-electron chi connectivity index (χ0n) is 12.1. The molecule has 2 fully saturated rings. The van der Waals surface area contributed by atoms with Crippen LogP contribution in [0.2, 0.25) is 0 Å². The quantitative estimate of drug-likeness (QED) is 0.734. The molecular weight excluding hydrogens is 250 g/mol. The lowest BCUT2D eigenvalue weighted by Gasteiger charge is -2.28. The third-order valence-corrected chi connectivity index (χ3v) is 5.95. The molecule has 1 N–H and O–H groups in total. The maximum Gasteiger partial charge on any atom is 0.0445 e. The van der Waals surface area contributed by atoms with Gasteiger partial charge < -0.3 is 5.32 Å². The summed E-state index contributed by atoms with van der Waals surface area (Å²) in [6.45, 7) is 2.43. The lowest BCUT2D eigenvalue weighted by Crippen LogP contribution is -2.37. The molecule has 1 aromatic rings.